The minimum absolute atomic E-state index is 0.0463. The summed E-state index contributed by atoms with van der Waals surface area (Å²) in [5, 5.41) is 3.32. The zero-order valence-electron chi connectivity index (χ0n) is 16.4. The number of carbonyl (C=O) groups is 1. The van der Waals surface area contributed by atoms with Gasteiger partial charge in [-0.3, -0.25) is 4.79 Å². The molecule has 4 unspecified atom stereocenters. The normalized spacial score (nSPS) is 31.0. The molecule has 1 aromatic carbocycles. The third-order valence-corrected chi connectivity index (χ3v) is 6.50. The van der Waals surface area contributed by atoms with Crippen LogP contribution in [0.4, 0.5) is 0 Å². The maximum absolute atomic E-state index is 12.5. The number of ether oxygens (including phenoxy) is 2. The molecule has 8 heteroatoms. The molecule has 3 fully saturated rings. The Bertz CT molecular complexity index is 762. The van der Waals surface area contributed by atoms with E-state index < -0.39 is 0 Å². The van der Waals surface area contributed by atoms with Gasteiger partial charge in [0.05, 0.1) is 32.2 Å². The van der Waals surface area contributed by atoms with Gasteiger partial charge in [0.15, 0.2) is 0 Å². The number of benzene rings is 1. The first-order valence-corrected chi connectivity index (χ1v) is 10.4. The average molecular weight is 385 g/mol. The summed E-state index contributed by atoms with van der Waals surface area (Å²) in [5.41, 5.74) is 8.05. The molecule has 1 amide bonds. The fraction of sp³-hybridized carbons (Fsp3) is 0.650. The number of carbonyl (C=O) groups excluding carboxylic acids is 1. The van der Waals surface area contributed by atoms with Gasteiger partial charge < -0.3 is 30.1 Å². The molecule has 2 saturated heterocycles. The van der Waals surface area contributed by atoms with Crippen LogP contribution in [-0.4, -0.2) is 69.3 Å². The van der Waals surface area contributed by atoms with Gasteiger partial charge in [0, 0.05) is 24.7 Å². The number of hydrogen-bond acceptors (Lipinski definition) is 6. The van der Waals surface area contributed by atoms with E-state index in [2.05, 4.69) is 24.4 Å². The number of morpholine rings is 1. The largest absolute Gasteiger partial charge is 0.564 e. The van der Waals surface area contributed by atoms with Gasteiger partial charge in [0.25, 0.3) is 0 Å². The van der Waals surface area contributed by atoms with E-state index in [0.717, 1.165) is 30.4 Å². The fourth-order valence-corrected chi connectivity index (χ4v) is 4.48. The van der Waals surface area contributed by atoms with E-state index >= 15 is 0 Å². The maximum Gasteiger partial charge on any atom is 0.343 e. The van der Waals surface area contributed by atoms with Crippen LogP contribution >= 0.6 is 0 Å². The first-order valence-electron chi connectivity index (χ1n) is 10.4. The number of likely N-dealkylation sites (tertiary alicyclic amines) is 1. The summed E-state index contributed by atoms with van der Waals surface area (Å²) in [7, 11) is 0.831. The van der Waals surface area contributed by atoms with Crippen molar-refractivity contribution in [2.24, 2.45) is 5.73 Å². The molecule has 4 atom stereocenters. The summed E-state index contributed by atoms with van der Waals surface area (Å²) >= 11 is 0. The van der Waals surface area contributed by atoms with Crippen molar-refractivity contribution in [1.82, 2.24) is 10.2 Å². The highest BCUT2D eigenvalue weighted by atomic mass is 16.5. The van der Waals surface area contributed by atoms with Gasteiger partial charge in [-0.2, -0.15) is 0 Å². The van der Waals surface area contributed by atoms with Gasteiger partial charge in [-0.15, -0.1) is 0 Å². The fourth-order valence-electron chi connectivity index (χ4n) is 4.48. The molecule has 3 N–H and O–H groups in total. The van der Waals surface area contributed by atoms with E-state index in [0.29, 0.717) is 45.1 Å². The highest BCUT2D eigenvalue weighted by molar-refractivity contribution is 6.33. The Morgan fingerprint density at radius 1 is 1.43 bits per heavy atom. The molecule has 1 aliphatic carbocycles. The minimum Gasteiger partial charge on any atom is -0.564 e. The van der Waals surface area contributed by atoms with E-state index in [1.807, 2.05) is 4.90 Å². The van der Waals surface area contributed by atoms with Crippen molar-refractivity contribution in [2.45, 2.75) is 49.8 Å². The number of amides is 1. The molecule has 3 heterocycles. The van der Waals surface area contributed by atoms with Crippen molar-refractivity contribution in [3.63, 3.8) is 0 Å². The molecular formula is C20H28BN3O4. The Morgan fingerprint density at radius 2 is 2.29 bits per heavy atom. The van der Waals surface area contributed by atoms with Crippen molar-refractivity contribution in [2.75, 3.05) is 32.8 Å². The Kier molecular flexibility index (Phi) is 4.73. The van der Waals surface area contributed by atoms with Crippen LogP contribution < -0.4 is 20.4 Å². The lowest BCUT2D eigenvalue weighted by molar-refractivity contribution is -0.143. The molecule has 4 aliphatic rings. The predicted molar refractivity (Wildman–Crippen MR) is 106 cm³/mol. The van der Waals surface area contributed by atoms with Crippen LogP contribution in [0.5, 0.6) is 11.5 Å². The van der Waals surface area contributed by atoms with Crippen LogP contribution in [-0.2, 0) is 9.53 Å². The quantitative estimate of drug-likeness (QED) is 0.710. The summed E-state index contributed by atoms with van der Waals surface area (Å²) in [4.78, 5) is 14.3. The molecule has 1 saturated carbocycles. The van der Waals surface area contributed by atoms with Crippen LogP contribution in [0.25, 0.3) is 0 Å². The summed E-state index contributed by atoms with van der Waals surface area (Å²) < 4.78 is 17.9. The van der Waals surface area contributed by atoms with Gasteiger partial charge >= 0.3 is 7.48 Å². The van der Waals surface area contributed by atoms with Gasteiger partial charge in [-0.1, -0.05) is 6.07 Å². The molecular weight excluding hydrogens is 357 g/mol. The molecule has 5 rings (SSSR count). The Balaban J connectivity index is 1.11. The van der Waals surface area contributed by atoms with E-state index in [9.17, 15) is 4.79 Å². The molecule has 7 nitrogen and oxygen atoms in total. The SMILES string of the molecule is Cc1c(OC2CN(C(=O)CC3CNC(CN)CO3)C2)ccc2c1OBC1CC21. The molecule has 0 aromatic heterocycles. The van der Waals surface area contributed by atoms with Crippen molar-refractivity contribution in [3.05, 3.63) is 23.3 Å². The smallest absolute Gasteiger partial charge is 0.343 e. The summed E-state index contributed by atoms with van der Waals surface area (Å²) in [6.07, 6.45) is 1.64. The lowest BCUT2D eigenvalue weighted by Crippen LogP contribution is -2.57. The van der Waals surface area contributed by atoms with Crippen LogP contribution in [0, 0.1) is 6.92 Å². The standard InChI is InChI=1S/C20H28BN3O4/c1-11-18(3-2-15-16-5-17(16)21-28-20(11)15)27-14-8-24(9-14)19(25)4-13-7-23-12(6-22)10-26-13/h2-3,12-14,16-17,21,23H,4-10,22H2,1H3. The molecule has 0 radical (unpaired) electrons. The number of nitrogens with two attached hydrogens (primary N) is 1. The van der Waals surface area contributed by atoms with Crippen LogP contribution in [0.2, 0.25) is 5.82 Å². The molecule has 0 spiro atoms. The summed E-state index contributed by atoms with van der Waals surface area (Å²) in [6, 6.07) is 4.42. The number of hydrogen-bond donors (Lipinski definition) is 2. The Morgan fingerprint density at radius 3 is 3.04 bits per heavy atom. The van der Waals surface area contributed by atoms with Crippen molar-refractivity contribution < 1.29 is 18.9 Å². The first kappa shape index (κ1) is 18.3. The summed E-state index contributed by atoms with van der Waals surface area (Å²) in [6.45, 7) is 5.14. The number of rotatable bonds is 5. The third-order valence-electron chi connectivity index (χ3n) is 6.50. The second-order valence-electron chi connectivity index (χ2n) is 8.56. The van der Waals surface area contributed by atoms with Crippen LogP contribution in [0.3, 0.4) is 0 Å². The zero-order valence-corrected chi connectivity index (χ0v) is 16.4. The van der Waals surface area contributed by atoms with Crippen molar-refractivity contribution in [1.29, 1.82) is 0 Å². The number of nitrogens with zero attached hydrogens (tertiary/aromatic N) is 1. The van der Waals surface area contributed by atoms with Gasteiger partial charge in [-0.05, 0) is 36.7 Å². The molecule has 1 aromatic rings. The predicted octanol–water partition coefficient (Wildman–Crippen LogP) is 0.310. The first-order chi connectivity index (χ1) is 13.6. The molecule has 28 heavy (non-hydrogen) atoms. The Labute approximate surface area is 166 Å². The van der Waals surface area contributed by atoms with E-state index in [1.54, 1.807) is 0 Å². The van der Waals surface area contributed by atoms with Crippen LogP contribution in [0.15, 0.2) is 12.1 Å². The number of nitrogens with one attached hydrogen (secondary N) is 1. The highest BCUT2D eigenvalue weighted by Crippen LogP contribution is 2.58. The van der Waals surface area contributed by atoms with E-state index in [1.165, 1.54) is 12.0 Å². The number of fused-ring (bicyclic) bond motifs is 3. The third kappa shape index (κ3) is 3.38. The average Bonchev–Trinajstić information content (AvgIpc) is 3.46. The van der Waals surface area contributed by atoms with Crippen molar-refractivity contribution >= 4 is 13.4 Å². The summed E-state index contributed by atoms with van der Waals surface area (Å²) in [5.74, 6) is 3.42. The topological polar surface area (TPSA) is 86.1 Å². The highest BCUT2D eigenvalue weighted by Gasteiger charge is 2.45. The second-order valence-corrected chi connectivity index (χ2v) is 8.56. The van der Waals surface area contributed by atoms with Gasteiger partial charge in [0.1, 0.15) is 17.6 Å². The molecule has 0 bridgehead atoms. The minimum atomic E-state index is -0.0680. The van der Waals surface area contributed by atoms with Gasteiger partial charge in [0.2, 0.25) is 5.91 Å². The van der Waals surface area contributed by atoms with E-state index in [-0.39, 0.29) is 24.2 Å². The second kappa shape index (κ2) is 7.24. The zero-order chi connectivity index (χ0) is 19.3. The lowest BCUT2D eigenvalue weighted by atomic mass is 9.84. The van der Waals surface area contributed by atoms with Crippen LogP contribution in [0.1, 0.15) is 29.9 Å². The van der Waals surface area contributed by atoms with Gasteiger partial charge in [-0.25, -0.2) is 0 Å². The monoisotopic (exact) mass is 385 g/mol. The maximum atomic E-state index is 12.5. The van der Waals surface area contributed by atoms with E-state index in [4.69, 9.17) is 19.9 Å². The molecule has 3 aliphatic heterocycles. The van der Waals surface area contributed by atoms with Crippen molar-refractivity contribution in [3.8, 4) is 11.5 Å². The molecule has 150 valence electrons. The lowest BCUT2D eigenvalue weighted by Gasteiger charge is -2.40. The Hall–Kier alpha value is -1.77.